The van der Waals surface area contributed by atoms with Crippen LogP contribution in [0.15, 0.2) is 54.9 Å². The minimum Gasteiger partial charge on any atom is -0.368 e. The summed E-state index contributed by atoms with van der Waals surface area (Å²) in [6, 6.07) is 13.5. The third-order valence-electron chi connectivity index (χ3n) is 5.39. The Hall–Kier alpha value is -3.00. The minimum absolute atomic E-state index is 0. The lowest BCUT2D eigenvalue weighted by atomic mass is 10.1. The number of rotatable bonds is 2. The van der Waals surface area contributed by atoms with E-state index in [0.717, 1.165) is 33.8 Å². The second-order valence-electron chi connectivity index (χ2n) is 7.11. The van der Waals surface area contributed by atoms with Gasteiger partial charge in [-0.1, -0.05) is 24.3 Å². The van der Waals surface area contributed by atoms with Gasteiger partial charge >= 0.3 is 6.18 Å². The average Bonchev–Trinajstić information content (AvgIpc) is 3.12. The van der Waals surface area contributed by atoms with E-state index in [1.165, 1.54) is 12.1 Å². The maximum atomic E-state index is 13.0. The third-order valence-corrected chi connectivity index (χ3v) is 5.39. The largest absolute Gasteiger partial charge is 0.416 e. The molecule has 0 amide bonds. The topological polar surface area (TPSA) is 48.1 Å². The van der Waals surface area contributed by atoms with Gasteiger partial charge in [0.05, 0.1) is 5.56 Å². The number of aromatic nitrogens is 3. The van der Waals surface area contributed by atoms with E-state index in [0.29, 0.717) is 31.9 Å². The molecule has 1 aliphatic rings. The molecular weight excluding hydrogens is 415 g/mol. The van der Waals surface area contributed by atoms with E-state index in [2.05, 4.69) is 19.9 Å². The van der Waals surface area contributed by atoms with Crippen molar-refractivity contribution in [2.24, 2.45) is 0 Å². The zero-order chi connectivity index (χ0) is 20.0. The highest BCUT2D eigenvalue weighted by Gasteiger charge is 2.31. The molecule has 0 saturated carbocycles. The summed E-state index contributed by atoms with van der Waals surface area (Å²) in [7, 11) is 0. The number of H-pyrrole nitrogens is 1. The van der Waals surface area contributed by atoms with E-state index in [1.807, 2.05) is 29.2 Å². The summed E-state index contributed by atoms with van der Waals surface area (Å²) in [5.74, 6) is 0.829. The van der Waals surface area contributed by atoms with Crippen molar-refractivity contribution in [3.8, 4) is 0 Å². The summed E-state index contributed by atoms with van der Waals surface area (Å²) >= 11 is 0. The number of fused-ring (bicyclic) bond motifs is 3. The molecule has 0 unspecified atom stereocenters. The lowest BCUT2D eigenvalue weighted by molar-refractivity contribution is -0.137. The van der Waals surface area contributed by atoms with Crippen LogP contribution in [0.25, 0.3) is 21.9 Å². The van der Waals surface area contributed by atoms with Crippen molar-refractivity contribution in [1.29, 1.82) is 0 Å². The highest BCUT2D eigenvalue weighted by atomic mass is 35.5. The van der Waals surface area contributed by atoms with Crippen molar-refractivity contribution < 1.29 is 13.2 Å². The Morgan fingerprint density at radius 2 is 1.60 bits per heavy atom. The summed E-state index contributed by atoms with van der Waals surface area (Å²) in [6.45, 7) is 2.56. The van der Waals surface area contributed by atoms with E-state index < -0.39 is 11.7 Å². The molecule has 0 aliphatic carbocycles. The predicted octanol–water partition coefficient (Wildman–Crippen LogP) is 4.88. The molecule has 9 heteroatoms. The number of hydrogen-bond acceptors (Lipinski definition) is 4. The number of piperazine rings is 1. The fourth-order valence-corrected chi connectivity index (χ4v) is 3.92. The van der Waals surface area contributed by atoms with E-state index in [-0.39, 0.29) is 12.4 Å². The monoisotopic (exact) mass is 433 g/mol. The molecule has 0 bridgehead atoms. The van der Waals surface area contributed by atoms with Crippen LogP contribution >= 0.6 is 12.4 Å². The Bertz CT molecular complexity index is 1180. The molecule has 1 saturated heterocycles. The Balaban J connectivity index is 0.00000218. The average molecular weight is 434 g/mol. The Morgan fingerprint density at radius 1 is 0.867 bits per heavy atom. The Labute approximate surface area is 176 Å². The number of para-hydroxylation sites is 1. The SMILES string of the molecule is Cl.FC(F)(F)c1cccc(N2CCN(c3ncnc4c3[nH]c3ccccc34)CC2)c1. The van der Waals surface area contributed by atoms with Crippen LogP contribution in [0.1, 0.15) is 5.56 Å². The van der Waals surface area contributed by atoms with Crippen LogP contribution < -0.4 is 9.80 Å². The first-order valence-corrected chi connectivity index (χ1v) is 9.39. The number of aromatic amines is 1. The summed E-state index contributed by atoms with van der Waals surface area (Å²) in [4.78, 5) is 16.5. The summed E-state index contributed by atoms with van der Waals surface area (Å²) < 4.78 is 39.0. The van der Waals surface area contributed by atoms with E-state index in [1.54, 1.807) is 12.4 Å². The standard InChI is InChI=1S/C21H18F3N5.ClH/c22-21(23,24)14-4-3-5-15(12-14)28-8-10-29(11-9-28)20-19-18(25-13-26-20)16-6-1-2-7-17(16)27-19;/h1-7,12-13,27H,8-11H2;1H. The van der Waals surface area contributed by atoms with Crippen molar-refractivity contribution in [2.45, 2.75) is 6.18 Å². The van der Waals surface area contributed by atoms with Crippen molar-refractivity contribution >= 4 is 45.8 Å². The molecule has 1 fully saturated rings. The first kappa shape index (κ1) is 20.3. The van der Waals surface area contributed by atoms with Gasteiger partial charge in [-0.3, -0.25) is 0 Å². The van der Waals surface area contributed by atoms with Gasteiger partial charge in [-0.2, -0.15) is 13.2 Å². The number of benzene rings is 2. The number of alkyl halides is 3. The van der Waals surface area contributed by atoms with Crippen LogP contribution in [0.5, 0.6) is 0 Å². The molecule has 0 radical (unpaired) electrons. The Kier molecular flexibility index (Phi) is 5.19. The molecule has 3 heterocycles. The molecule has 5 rings (SSSR count). The smallest absolute Gasteiger partial charge is 0.368 e. The van der Waals surface area contributed by atoms with E-state index in [4.69, 9.17) is 0 Å². The molecule has 2 aromatic heterocycles. The predicted molar refractivity (Wildman–Crippen MR) is 115 cm³/mol. The summed E-state index contributed by atoms with van der Waals surface area (Å²) in [6.07, 6.45) is -2.77. The van der Waals surface area contributed by atoms with Gasteiger partial charge < -0.3 is 14.8 Å². The zero-order valence-electron chi connectivity index (χ0n) is 15.9. The van der Waals surface area contributed by atoms with Crippen LogP contribution in [0, 0.1) is 0 Å². The lowest BCUT2D eigenvalue weighted by Crippen LogP contribution is -2.47. The quantitative estimate of drug-likeness (QED) is 0.489. The number of halogens is 4. The highest BCUT2D eigenvalue weighted by Crippen LogP contribution is 2.33. The maximum absolute atomic E-state index is 13.0. The molecule has 0 spiro atoms. The van der Waals surface area contributed by atoms with Gasteiger partial charge in [0.25, 0.3) is 0 Å². The van der Waals surface area contributed by atoms with Crippen molar-refractivity contribution in [3.63, 3.8) is 0 Å². The number of anilines is 2. The van der Waals surface area contributed by atoms with Crippen LogP contribution in [0.3, 0.4) is 0 Å². The normalized spacial score (nSPS) is 14.9. The van der Waals surface area contributed by atoms with Crippen LogP contribution in [0.4, 0.5) is 24.7 Å². The second-order valence-corrected chi connectivity index (χ2v) is 7.11. The van der Waals surface area contributed by atoms with Gasteiger partial charge in [-0.05, 0) is 24.3 Å². The van der Waals surface area contributed by atoms with Crippen molar-refractivity contribution in [2.75, 3.05) is 36.0 Å². The van der Waals surface area contributed by atoms with Crippen molar-refractivity contribution in [3.05, 3.63) is 60.4 Å². The summed E-state index contributed by atoms with van der Waals surface area (Å²) in [5, 5.41) is 1.05. The molecule has 1 N–H and O–H groups in total. The maximum Gasteiger partial charge on any atom is 0.416 e. The molecule has 4 aromatic rings. The first-order valence-electron chi connectivity index (χ1n) is 9.39. The molecule has 1 aliphatic heterocycles. The molecule has 2 aromatic carbocycles. The number of nitrogens with zero attached hydrogens (tertiary/aromatic N) is 4. The van der Waals surface area contributed by atoms with Crippen LogP contribution in [-0.2, 0) is 6.18 Å². The molecular formula is C21H19ClF3N5. The lowest BCUT2D eigenvalue weighted by Gasteiger charge is -2.37. The van der Waals surface area contributed by atoms with Crippen LogP contribution in [0.2, 0.25) is 0 Å². The second kappa shape index (κ2) is 7.68. The van der Waals surface area contributed by atoms with Gasteiger partial charge in [0.15, 0.2) is 5.82 Å². The highest BCUT2D eigenvalue weighted by molar-refractivity contribution is 6.08. The third kappa shape index (κ3) is 3.52. The molecule has 0 atom stereocenters. The molecule has 5 nitrogen and oxygen atoms in total. The zero-order valence-corrected chi connectivity index (χ0v) is 16.7. The molecule has 156 valence electrons. The fraction of sp³-hybridized carbons (Fsp3) is 0.238. The minimum atomic E-state index is -4.33. The van der Waals surface area contributed by atoms with Gasteiger partial charge in [0.1, 0.15) is 17.4 Å². The fourth-order valence-electron chi connectivity index (χ4n) is 3.92. The van der Waals surface area contributed by atoms with E-state index >= 15 is 0 Å². The number of nitrogens with one attached hydrogen (secondary N) is 1. The molecule has 30 heavy (non-hydrogen) atoms. The van der Waals surface area contributed by atoms with Gasteiger partial charge in [0.2, 0.25) is 0 Å². The van der Waals surface area contributed by atoms with Crippen LogP contribution in [-0.4, -0.2) is 41.1 Å². The van der Waals surface area contributed by atoms with Gasteiger partial charge in [0, 0.05) is 42.8 Å². The van der Waals surface area contributed by atoms with Gasteiger partial charge in [-0.15, -0.1) is 12.4 Å². The summed E-state index contributed by atoms with van der Waals surface area (Å²) in [5.41, 5.74) is 2.75. The van der Waals surface area contributed by atoms with Gasteiger partial charge in [-0.25, -0.2) is 9.97 Å². The van der Waals surface area contributed by atoms with E-state index in [9.17, 15) is 13.2 Å². The number of hydrogen-bond donors (Lipinski definition) is 1. The van der Waals surface area contributed by atoms with Crippen molar-refractivity contribution in [1.82, 2.24) is 15.0 Å². The first-order chi connectivity index (χ1) is 14.0. The Morgan fingerprint density at radius 3 is 2.37 bits per heavy atom.